The Bertz CT molecular complexity index is 1130. The zero-order valence-electron chi connectivity index (χ0n) is 13.8. The van der Waals surface area contributed by atoms with E-state index in [4.69, 9.17) is 11.6 Å². The number of fused-ring (bicyclic) bond motifs is 1. The maximum Gasteiger partial charge on any atom is 0.289 e. The molecule has 0 aliphatic heterocycles. The average molecular weight is 378 g/mol. The van der Waals surface area contributed by atoms with Gasteiger partial charge in [0.1, 0.15) is 16.7 Å². The Balaban J connectivity index is 1.93. The summed E-state index contributed by atoms with van der Waals surface area (Å²) in [6.45, 7) is 0. The van der Waals surface area contributed by atoms with Crippen LogP contribution in [-0.4, -0.2) is 10.8 Å². The standard InChI is InChI=1S/C20H12ClN3O3/c21-18-9-8-16(11-19(18)24(26)27)23-20(25)15(12-22)10-14-6-3-5-13-4-1-2-7-17(13)14/h1-11H,(H,23,25)/b15-10+. The van der Waals surface area contributed by atoms with Gasteiger partial charge in [-0.2, -0.15) is 5.26 Å². The fourth-order valence-electron chi connectivity index (χ4n) is 2.61. The minimum Gasteiger partial charge on any atom is -0.321 e. The van der Waals surface area contributed by atoms with Crippen LogP contribution in [0.2, 0.25) is 5.02 Å². The third-order valence-corrected chi connectivity index (χ3v) is 4.21. The number of halogens is 1. The van der Waals surface area contributed by atoms with Gasteiger partial charge in [-0.25, -0.2) is 0 Å². The molecule has 0 aromatic heterocycles. The summed E-state index contributed by atoms with van der Waals surface area (Å²) in [6, 6.07) is 19.0. The second kappa shape index (κ2) is 7.68. The number of nitriles is 1. The Morgan fingerprint density at radius 2 is 1.89 bits per heavy atom. The monoisotopic (exact) mass is 377 g/mol. The van der Waals surface area contributed by atoms with Crippen molar-refractivity contribution in [2.75, 3.05) is 5.32 Å². The largest absolute Gasteiger partial charge is 0.321 e. The minimum atomic E-state index is -0.665. The van der Waals surface area contributed by atoms with E-state index in [-0.39, 0.29) is 22.0 Å². The highest BCUT2D eigenvalue weighted by molar-refractivity contribution is 6.32. The van der Waals surface area contributed by atoms with E-state index in [9.17, 15) is 20.2 Å². The second-order valence-corrected chi connectivity index (χ2v) is 6.02. The number of hydrogen-bond donors (Lipinski definition) is 1. The van der Waals surface area contributed by atoms with Crippen molar-refractivity contribution >= 4 is 45.7 Å². The first-order valence-corrected chi connectivity index (χ1v) is 8.22. The van der Waals surface area contributed by atoms with Crippen molar-refractivity contribution in [3.05, 3.63) is 86.9 Å². The summed E-state index contributed by atoms with van der Waals surface area (Å²) >= 11 is 5.76. The minimum absolute atomic E-state index is 0.0372. The van der Waals surface area contributed by atoms with Gasteiger partial charge in [0, 0.05) is 11.8 Å². The van der Waals surface area contributed by atoms with Crippen LogP contribution in [0, 0.1) is 21.4 Å². The predicted molar refractivity (Wildman–Crippen MR) is 104 cm³/mol. The van der Waals surface area contributed by atoms with Gasteiger partial charge in [0.15, 0.2) is 0 Å². The van der Waals surface area contributed by atoms with Crippen LogP contribution >= 0.6 is 11.6 Å². The summed E-state index contributed by atoms with van der Waals surface area (Å²) in [5.41, 5.74) is 0.451. The SMILES string of the molecule is N#C/C(=C\c1cccc2ccccc12)C(=O)Nc1ccc(Cl)c([N+](=O)[O-])c1. The van der Waals surface area contributed by atoms with Crippen molar-refractivity contribution in [1.29, 1.82) is 5.26 Å². The molecule has 0 saturated heterocycles. The molecule has 0 radical (unpaired) electrons. The molecule has 3 aromatic rings. The highest BCUT2D eigenvalue weighted by Gasteiger charge is 2.16. The molecule has 7 heteroatoms. The zero-order valence-corrected chi connectivity index (χ0v) is 14.6. The van der Waals surface area contributed by atoms with Gasteiger partial charge in [-0.1, -0.05) is 54.1 Å². The number of nitro groups is 1. The molecule has 0 heterocycles. The molecule has 0 fully saturated rings. The first-order chi connectivity index (χ1) is 13.0. The van der Waals surface area contributed by atoms with Crippen molar-refractivity contribution in [2.24, 2.45) is 0 Å². The van der Waals surface area contributed by atoms with Crippen LogP contribution in [0.25, 0.3) is 16.8 Å². The van der Waals surface area contributed by atoms with Crippen LogP contribution in [0.1, 0.15) is 5.56 Å². The Morgan fingerprint density at radius 3 is 2.63 bits per heavy atom. The van der Waals surface area contributed by atoms with Gasteiger partial charge in [0.2, 0.25) is 0 Å². The average Bonchev–Trinajstić information content (AvgIpc) is 2.67. The van der Waals surface area contributed by atoms with E-state index >= 15 is 0 Å². The summed E-state index contributed by atoms with van der Waals surface area (Å²) in [5, 5.41) is 24.7. The van der Waals surface area contributed by atoms with Gasteiger partial charge < -0.3 is 5.32 Å². The zero-order chi connectivity index (χ0) is 19.4. The Labute approximate surface area is 159 Å². The number of rotatable bonds is 4. The van der Waals surface area contributed by atoms with Crippen LogP contribution in [0.5, 0.6) is 0 Å². The van der Waals surface area contributed by atoms with Crippen molar-refractivity contribution < 1.29 is 9.72 Å². The van der Waals surface area contributed by atoms with E-state index in [1.165, 1.54) is 18.2 Å². The third-order valence-electron chi connectivity index (χ3n) is 3.89. The van der Waals surface area contributed by atoms with Gasteiger partial charge in [-0.15, -0.1) is 0 Å². The number of carbonyl (C=O) groups is 1. The van der Waals surface area contributed by atoms with Gasteiger partial charge in [-0.05, 0) is 34.5 Å². The topological polar surface area (TPSA) is 96.0 Å². The van der Waals surface area contributed by atoms with Gasteiger partial charge in [-0.3, -0.25) is 14.9 Å². The Hall–Kier alpha value is -3.69. The number of nitrogens with zero attached hydrogens (tertiary/aromatic N) is 2. The lowest BCUT2D eigenvalue weighted by atomic mass is 10.0. The molecule has 27 heavy (non-hydrogen) atoms. The molecule has 3 aromatic carbocycles. The highest BCUT2D eigenvalue weighted by Crippen LogP contribution is 2.28. The summed E-state index contributed by atoms with van der Waals surface area (Å²) < 4.78 is 0. The summed E-state index contributed by atoms with van der Waals surface area (Å²) in [7, 11) is 0. The molecule has 3 rings (SSSR count). The van der Waals surface area contributed by atoms with Gasteiger partial charge >= 0.3 is 0 Å². The first-order valence-electron chi connectivity index (χ1n) is 7.84. The lowest BCUT2D eigenvalue weighted by molar-refractivity contribution is -0.384. The Kier molecular flexibility index (Phi) is 5.15. The molecule has 0 unspecified atom stereocenters. The summed E-state index contributed by atoms with van der Waals surface area (Å²) in [6.07, 6.45) is 1.49. The molecule has 0 aliphatic carbocycles. The molecule has 0 bridgehead atoms. The highest BCUT2D eigenvalue weighted by atomic mass is 35.5. The molecule has 0 saturated carbocycles. The van der Waals surface area contributed by atoms with E-state index in [0.717, 1.165) is 22.4 Å². The molecule has 1 N–H and O–H groups in total. The van der Waals surface area contributed by atoms with Gasteiger partial charge in [0.05, 0.1) is 4.92 Å². The number of carbonyl (C=O) groups excluding carboxylic acids is 1. The Morgan fingerprint density at radius 1 is 1.15 bits per heavy atom. The second-order valence-electron chi connectivity index (χ2n) is 5.62. The van der Waals surface area contributed by atoms with Crippen molar-refractivity contribution in [3.8, 4) is 6.07 Å². The van der Waals surface area contributed by atoms with Crippen LogP contribution in [0.3, 0.4) is 0 Å². The molecule has 0 atom stereocenters. The summed E-state index contributed by atoms with van der Waals surface area (Å²) in [5.74, 6) is -0.665. The van der Waals surface area contributed by atoms with E-state index < -0.39 is 10.8 Å². The lowest BCUT2D eigenvalue weighted by Crippen LogP contribution is -2.13. The normalized spacial score (nSPS) is 11.0. The van der Waals surface area contributed by atoms with Crippen LogP contribution in [0.15, 0.2) is 66.2 Å². The number of nitro benzene ring substituents is 1. The molecular weight excluding hydrogens is 366 g/mol. The van der Waals surface area contributed by atoms with E-state index in [2.05, 4.69) is 5.32 Å². The number of nitrogens with one attached hydrogen (secondary N) is 1. The lowest BCUT2D eigenvalue weighted by Gasteiger charge is -2.06. The third kappa shape index (κ3) is 3.94. The number of hydrogen-bond acceptors (Lipinski definition) is 4. The molecule has 0 aliphatic rings. The summed E-state index contributed by atoms with van der Waals surface area (Å²) in [4.78, 5) is 22.8. The maximum atomic E-state index is 12.4. The predicted octanol–water partition coefficient (Wildman–Crippen LogP) is 4.95. The number of anilines is 1. The smallest absolute Gasteiger partial charge is 0.289 e. The molecule has 1 amide bonds. The van der Waals surface area contributed by atoms with E-state index in [0.29, 0.717) is 0 Å². The molecular formula is C20H12ClN3O3. The van der Waals surface area contributed by atoms with E-state index in [1.807, 2.05) is 42.5 Å². The van der Waals surface area contributed by atoms with Crippen molar-refractivity contribution in [1.82, 2.24) is 0 Å². The van der Waals surface area contributed by atoms with Gasteiger partial charge in [0.25, 0.3) is 11.6 Å². The van der Waals surface area contributed by atoms with Crippen LogP contribution < -0.4 is 5.32 Å². The maximum absolute atomic E-state index is 12.4. The first kappa shape index (κ1) is 18.1. The van der Waals surface area contributed by atoms with Crippen molar-refractivity contribution in [3.63, 3.8) is 0 Å². The number of amides is 1. The molecule has 0 spiro atoms. The molecule has 6 nitrogen and oxygen atoms in total. The van der Waals surface area contributed by atoms with E-state index in [1.54, 1.807) is 6.07 Å². The fraction of sp³-hybridized carbons (Fsp3) is 0. The number of benzene rings is 3. The quantitative estimate of drug-likeness (QED) is 0.301. The fourth-order valence-corrected chi connectivity index (χ4v) is 2.80. The molecule has 132 valence electrons. The van der Waals surface area contributed by atoms with Crippen molar-refractivity contribution in [2.45, 2.75) is 0 Å². The van der Waals surface area contributed by atoms with Crippen LogP contribution in [0.4, 0.5) is 11.4 Å². The van der Waals surface area contributed by atoms with Crippen LogP contribution in [-0.2, 0) is 4.79 Å².